The van der Waals surface area contributed by atoms with Crippen molar-refractivity contribution in [2.24, 2.45) is 5.41 Å². The zero-order chi connectivity index (χ0) is 21.0. The Labute approximate surface area is 177 Å². The topological polar surface area (TPSA) is 40.6 Å². The first-order valence-corrected chi connectivity index (χ1v) is 10.4. The van der Waals surface area contributed by atoms with Gasteiger partial charge in [0.15, 0.2) is 0 Å². The Morgan fingerprint density at radius 3 is 2.39 bits per heavy atom. The number of carbonyl (C=O) groups excluding carboxylic acids is 2. The van der Waals surface area contributed by atoms with Crippen LogP contribution in [0.4, 0.5) is 0 Å². The Hall–Kier alpha value is -1.52. The summed E-state index contributed by atoms with van der Waals surface area (Å²) < 4.78 is 0. The highest BCUT2D eigenvalue weighted by Crippen LogP contribution is 2.47. The molecule has 4 nitrogen and oxygen atoms in total. The van der Waals surface area contributed by atoms with Gasteiger partial charge in [-0.05, 0) is 50.0 Å². The van der Waals surface area contributed by atoms with Gasteiger partial charge in [-0.15, -0.1) is 0 Å². The Bertz CT molecular complexity index is 868. The van der Waals surface area contributed by atoms with Crippen molar-refractivity contribution in [2.75, 3.05) is 13.6 Å². The van der Waals surface area contributed by atoms with Crippen LogP contribution in [0, 0.1) is 5.41 Å². The summed E-state index contributed by atoms with van der Waals surface area (Å²) in [6.07, 6.45) is 1.62. The van der Waals surface area contributed by atoms with Crippen molar-refractivity contribution in [3.8, 4) is 0 Å². The largest absolute Gasteiger partial charge is 0.333 e. The van der Waals surface area contributed by atoms with E-state index in [-0.39, 0.29) is 17.4 Å². The van der Waals surface area contributed by atoms with E-state index >= 15 is 0 Å². The normalized spacial score (nSPS) is 22.4. The van der Waals surface area contributed by atoms with Crippen LogP contribution in [0.1, 0.15) is 59.1 Å². The second kappa shape index (κ2) is 7.07. The second-order valence-corrected chi connectivity index (χ2v) is 10.1. The van der Waals surface area contributed by atoms with E-state index in [0.29, 0.717) is 22.2 Å². The molecule has 0 bridgehead atoms. The Kier molecular flexibility index (Phi) is 5.35. The Balaban J connectivity index is 2.25. The first-order chi connectivity index (χ1) is 12.9. The second-order valence-electron chi connectivity index (χ2n) is 9.24. The Morgan fingerprint density at radius 1 is 1.18 bits per heavy atom. The van der Waals surface area contributed by atoms with Crippen molar-refractivity contribution in [3.63, 3.8) is 0 Å². The molecule has 1 unspecified atom stereocenters. The molecule has 0 N–H and O–H groups in total. The predicted molar refractivity (Wildman–Crippen MR) is 113 cm³/mol. The minimum absolute atomic E-state index is 0.0234. The maximum atomic E-state index is 13.4. The van der Waals surface area contributed by atoms with Crippen LogP contribution in [0.5, 0.6) is 0 Å². The number of likely N-dealkylation sites (N-methyl/N-ethyl adjacent to an activating group) is 1. The van der Waals surface area contributed by atoms with Crippen LogP contribution in [0.25, 0.3) is 0 Å². The summed E-state index contributed by atoms with van der Waals surface area (Å²) >= 11 is 12.4. The molecule has 0 radical (unpaired) electrons. The van der Waals surface area contributed by atoms with Crippen LogP contribution < -0.4 is 0 Å². The number of carbonyl (C=O) groups is 2. The number of halogens is 2. The van der Waals surface area contributed by atoms with Gasteiger partial charge in [-0.3, -0.25) is 9.59 Å². The maximum absolute atomic E-state index is 13.4. The number of hydrogen-bond acceptors (Lipinski definition) is 2. The third-order valence-corrected chi connectivity index (χ3v) is 6.75. The molecule has 6 heteroatoms. The van der Waals surface area contributed by atoms with Crippen LogP contribution in [-0.2, 0) is 9.59 Å². The summed E-state index contributed by atoms with van der Waals surface area (Å²) in [5.41, 5.74) is 1.71. The van der Waals surface area contributed by atoms with E-state index in [9.17, 15) is 9.59 Å². The molecule has 2 aliphatic heterocycles. The molecular formula is C22H28Cl2N2O2. The molecule has 2 amide bonds. The fraction of sp³-hybridized carbons (Fsp3) is 0.545. The van der Waals surface area contributed by atoms with Crippen molar-refractivity contribution in [3.05, 3.63) is 45.0 Å². The van der Waals surface area contributed by atoms with Gasteiger partial charge < -0.3 is 9.80 Å². The third-order valence-electron chi connectivity index (χ3n) is 6.01. The lowest BCUT2D eigenvalue weighted by atomic mass is 9.86. The molecular weight excluding hydrogens is 395 g/mol. The number of benzene rings is 1. The highest BCUT2D eigenvalue weighted by Gasteiger charge is 2.49. The van der Waals surface area contributed by atoms with Crippen molar-refractivity contribution < 1.29 is 9.59 Å². The van der Waals surface area contributed by atoms with E-state index in [0.717, 1.165) is 24.0 Å². The molecule has 152 valence electrons. The van der Waals surface area contributed by atoms with E-state index in [4.69, 9.17) is 23.2 Å². The van der Waals surface area contributed by atoms with Crippen LogP contribution in [0.2, 0.25) is 10.0 Å². The standard InChI is InChI=1S/C22H28Cl2N2O2/c1-21(2,3)20(28)26-11-7-8-14-17(19(27)25(6)22(14,4)5)18(26)13-9-10-15(23)16(24)12-13/h9-10,12,18H,7-8,11H2,1-6H3. The Morgan fingerprint density at radius 2 is 1.82 bits per heavy atom. The van der Waals surface area contributed by atoms with Crippen LogP contribution >= 0.6 is 23.2 Å². The highest BCUT2D eigenvalue weighted by molar-refractivity contribution is 6.42. The van der Waals surface area contributed by atoms with Gasteiger partial charge in [0.05, 0.1) is 21.6 Å². The van der Waals surface area contributed by atoms with E-state index < -0.39 is 11.5 Å². The molecule has 2 heterocycles. The van der Waals surface area contributed by atoms with Crippen molar-refractivity contribution in [2.45, 2.75) is 59.0 Å². The summed E-state index contributed by atoms with van der Waals surface area (Å²) in [5.74, 6) is 0.00200. The zero-order valence-electron chi connectivity index (χ0n) is 17.4. The van der Waals surface area contributed by atoms with Gasteiger partial charge in [-0.1, -0.05) is 50.0 Å². The highest BCUT2D eigenvalue weighted by atomic mass is 35.5. The molecule has 0 saturated carbocycles. The molecule has 0 spiro atoms. The lowest BCUT2D eigenvalue weighted by molar-refractivity contribution is -0.141. The van der Waals surface area contributed by atoms with Gasteiger partial charge in [0.2, 0.25) is 5.91 Å². The van der Waals surface area contributed by atoms with Crippen molar-refractivity contribution >= 4 is 35.0 Å². The lowest BCUT2D eigenvalue weighted by Gasteiger charge is -2.36. The van der Waals surface area contributed by atoms with Gasteiger partial charge >= 0.3 is 0 Å². The molecule has 0 fully saturated rings. The molecule has 28 heavy (non-hydrogen) atoms. The van der Waals surface area contributed by atoms with E-state index in [1.807, 2.05) is 38.8 Å². The average molecular weight is 423 g/mol. The summed E-state index contributed by atoms with van der Waals surface area (Å²) in [7, 11) is 1.83. The number of rotatable bonds is 1. The minimum atomic E-state index is -0.553. The van der Waals surface area contributed by atoms with E-state index in [2.05, 4.69) is 13.8 Å². The first-order valence-electron chi connectivity index (χ1n) is 9.65. The fourth-order valence-corrected chi connectivity index (χ4v) is 4.51. The molecule has 3 rings (SSSR count). The molecule has 0 aliphatic carbocycles. The maximum Gasteiger partial charge on any atom is 0.252 e. The predicted octanol–water partition coefficient (Wildman–Crippen LogP) is 5.25. The first kappa shape index (κ1) is 21.2. The number of hydrogen-bond donors (Lipinski definition) is 0. The molecule has 1 aromatic rings. The molecule has 1 aromatic carbocycles. The molecule has 0 aromatic heterocycles. The zero-order valence-corrected chi connectivity index (χ0v) is 18.9. The van der Waals surface area contributed by atoms with Gasteiger partial charge in [-0.25, -0.2) is 0 Å². The lowest BCUT2D eigenvalue weighted by Crippen LogP contribution is -2.45. The molecule has 1 atom stereocenters. The molecule has 0 saturated heterocycles. The van der Waals surface area contributed by atoms with Gasteiger partial charge in [0.1, 0.15) is 0 Å². The van der Waals surface area contributed by atoms with Crippen molar-refractivity contribution in [1.82, 2.24) is 9.80 Å². The monoisotopic (exact) mass is 422 g/mol. The SMILES string of the molecule is CN1C(=O)C2=C(CCCN(C(=O)C(C)(C)C)C2c2ccc(Cl)c(Cl)c2)C1(C)C. The van der Waals surface area contributed by atoms with Crippen LogP contribution in [0.15, 0.2) is 29.3 Å². The van der Waals surface area contributed by atoms with Gasteiger partial charge in [0.25, 0.3) is 5.91 Å². The fourth-order valence-electron chi connectivity index (χ4n) is 4.21. The minimum Gasteiger partial charge on any atom is -0.333 e. The smallest absolute Gasteiger partial charge is 0.252 e. The quantitative estimate of drug-likeness (QED) is 0.619. The van der Waals surface area contributed by atoms with Gasteiger partial charge in [-0.2, -0.15) is 0 Å². The average Bonchev–Trinajstić information content (AvgIpc) is 2.75. The van der Waals surface area contributed by atoms with Crippen molar-refractivity contribution in [1.29, 1.82) is 0 Å². The van der Waals surface area contributed by atoms with Crippen LogP contribution in [-0.4, -0.2) is 40.7 Å². The molecule has 2 aliphatic rings. The summed E-state index contributed by atoms with van der Waals surface area (Å²) in [6, 6.07) is 4.93. The van der Waals surface area contributed by atoms with Gasteiger partial charge in [0, 0.05) is 24.6 Å². The summed E-state index contributed by atoms with van der Waals surface area (Å²) in [4.78, 5) is 30.3. The van der Waals surface area contributed by atoms with E-state index in [1.54, 1.807) is 17.0 Å². The van der Waals surface area contributed by atoms with Crippen LogP contribution in [0.3, 0.4) is 0 Å². The van der Waals surface area contributed by atoms with E-state index in [1.165, 1.54) is 0 Å². The number of amides is 2. The third kappa shape index (κ3) is 3.35. The summed E-state index contributed by atoms with van der Waals surface area (Å²) in [5, 5.41) is 0.879. The summed E-state index contributed by atoms with van der Waals surface area (Å²) in [6.45, 7) is 10.5. The number of nitrogens with zero attached hydrogens (tertiary/aromatic N) is 2.